The molecule has 0 heterocycles. The second kappa shape index (κ2) is 7.22. The normalized spacial score (nSPS) is 12.2. The summed E-state index contributed by atoms with van der Waals surface area (Å²) in [4.78, 5) is 10.7. The van der Waals surface area contributed by atoms with Crippen LogP contribution in [0, 0.1) is 0 Å². The van der Waals surface area contributed by atoms with E-state index in [4.69, 9.17) is 16.3 Å². The molecule has 1 atom stereocenters. The van der Waals surface area contributed by atoms with Crippen LogP contribution in [0.3, 0.4) is 0 Å². The number of hydrogen-bond donors (Lipinski definition) is 0. The third-order valence-corrected chi connectivity index (χ3v) is 1.32. The molecule has 0 aliphatic carbocycles. The van der Waals surface area contributed by atoms with Crippen molar-refractivity contribution in [1.29, 1.82) is 0 Å². The molecule has 0 aliphatic heterocycles. The minimum Gasteiger partial charge on any atom is -0.434 e. The largest absolute Gasteiger partial charge is 0.509 e. The van der Waals surface area contributed by atoms with Gasteiger partial charge in [0, 0.05) is 0 Å². The number of hydrogen-bond acceptors (Lipinski definition) is 3. The number of halogens is 1. The van der Waals surface area contributed by atoms with Crippen molar-refractivity contribution in [1.82, 2.24) is 0 Å². The van der Waals surface area contributed by atoms with Crippen LogP contribution in [-0.4, -0.2) is 18.3 Å². The number of carbonyl (C=O) groups excluding carboxylic acids is 1. The Morgan fingerprint density at radius 1 is 1.50 bits per heavy atom. The van der Waals surface area contributed by atoms with Crippen LogP contribution in [0.4, 0.5) is 4.79 Å². The van der Waals surface area contributed by atoms with E-state index < -0.39 is 11.7 Å². The molecule has 0 spiro atoms. The highest BCUT2D eigenvalue weighted by molar-refractivity contribution is 6.19. The zero-order chi connectivity index (χ0) is 9.40. The van der Waals surface area contributed by atoms with Gasteiger partial charge in [-0.25, -0.2) is 4.79 Å². The summed E-state index contributed by atoms with van der Waals surface area (Å²) in [5, 5.41) is 0. The molecule has 0 radical (unpaired) electrons. The summed E-state index contributed by atoms with van der Waals surface area (Å²) in [6.45, 7) is 4.06. The van der Waals surface area contributed by atoms with Crippen molar-refractivity contribution < 1.29 is 14.3 Å². The molecule has 0 aromatic carbocycles. The summed E-state index contributed by atoms with van der Waals surface area (Å²) in [7, 11) is 0. The number of carbonyl (C=O) groups is 1. The zero-order valence-corrected chi connectivity index (χ0v) is 8.26. The Morgan fingerprint density at radius 3 is 2.67 bits per heavy atom. The van der Waals surface area contributed by atoms with Crippen LogP contribution < -0.4 is 0 Å². The van der Waals surface area contributed by atoms with Gasteiger partial charge >= 0.3 is 6.16 Å². The van der Waals surface area contributed by atoms with Gasteiger partial charge in [0.05, 0.1) is 6.61 Å². The molecule has 0 saturated heterocycles. The van der Waals surface area contributed by atoms with Crippen molar-refractivity contribution in [3.8, 4) is 0 Å². The lowest BCUT2D eigenvalue weighted by molar-refractivity contribution is 0.0487. The Bertz CT molecular complexity index is 125. The second-order valence-electron chi connectivity index (χ2n) is 2.47. The molecule has 0 saturated carbocycles. The monoisotopic (exact) mass is 194 g/mol. The molecule has 1 unspecified atom stereocenters. The maximum Gasteiger partial charge on any atom is 0.509 e. The van der Waals surface area contributed by atoms with Gasteiger partial charge in [-0.15, -0.1) is 0 Å². The highest BCUT2D eigenvalue weighted by atomic mass is 35.5. The van der Waals surface area contributed by atoms with Crippen molar-refractivity contribution in [2.45, 2.75) is 38.7 Å². The fourth-order valence-corrected chi connectivity index (χ4v) is 0.747. The third kappa shape index (κ3) is 7.66. The van der Waals surface area contributed by atoms with Crippen LogP contribution in [0.15, 0.2) is 0 Å². The molecule has 0 bridgehead atoms. The average molecular weight is 195 g/mol. The topological polar surface area (TPSA) is 35.5 Å². The summed E-state index contributed by atoms with van der Waals surface area (Å²) in [6.07, 6.45) is 2.35. The maximum absolute atomic E-state index is 10.7. The molecular formula is C8H15ClO3. The molecule has 0 rings (SSSR count). The standard InChI is InChI=1S/C8H15ClO3/c1-3-4-5-6-11-8(10)12-7(2)9/h7H,3-6H2,1-2H3. The quantitative estimate of drug-likeness (QED) is 0.384. The molecule has 72 valence electrons. The summed E-state index contributed by atoms with van der Waals surface area (Å²) in [6, 6.07) is 0. The number of alkyl halides is 1. The van der Waals surface area contributed by atoms with Crippen LogP contribution in [0.1, 0.15) is 33.1 Å². The van der Waals surface area contributed by atoms with Crippen LogP contribution in [0.5, 0.6) is 0 Å². The fourth-order valence-electron chi connectivity index (χ4n) is 0.674. The van der Waals surface area contributed by atoms with Crippen molar-refractivity contribution in [2.75, 3.05) is 6.61 Å². The van der Waals surface area contributed by atoms with Gasteiger partial charge in [-0.2, -0.15) is 0 Å². The van der Waals surface area contributed by atoms with E-state index in [1.807, 2.05) is 0 Å². The molecule has 0 amide bonds. The predicted octanol–water partition coefficient (Wildman–Crippen LogP) is 2.91. The number of unbranched alkanes of at least 4 members (excludes halogenated alkanes) is 2. The Labute approximate surface area is 78.0 Å². The maximum atomic E-state index is 10.7. The molecule has 4 heteroatoms. The molecule has 0 aromatic rings. The first-order valence-electron chi connectivity index (χ1n) is 4.14. The lowest BCUT2D eigenvalue weighted by atomic mass is 10.3. The second-order valence-corrected chi connectivity index (χ2v) is 3.08. The van der Waals surface area contributed by atoms with E-state index >= 15 is 0 Å². The molecule has 12 heavy (non-hydrogen) atoms. The van der Waals surface area contributed by atoms with E-state index in [0.29, 0.717) is 6.61 Å². The summed E-state index contributed by atoms with van der Waals surface area (Å²) in [5.74, 6) is 0. The summed E-state index contributed by atoms with van der Waals surface area (Å²) < 4.78 is 9.24. The Kier molecular flexibility index (Phi) is 6.96. The van der Waals surface area contributed by atoms with E-state index in [9.17, 15) is 4.79 Å². The summed E-state index contributed by atoms with van der Waals surface area (Å²) in [5.41, 5.74) is -0.622. The van der Waals surface area contributed by atoms with E-state index in [0.717, 1.165) is 19.3 Å². The van der Waals surface area contributed by atoms with Gasteiger partial charge in [0.15, 0.2) is 5.56 Å². The lowest BCUT2D eigenvalue weighted by Crippen LogP contribution is -2.12. The molecular weight excluding hydrogens is 180 g/mol. The van der Waals surface area contributed by atoms with Gasteiger partial charge < -0.3 is 9.47 Å². The first-order valence-corrected chi connectivity index (χ1v) is 4.58. The van der Waals surface area contributed by atoms with Crippen molar-refractivity contribution in [3.63, 3.8) is 0 Å². The number of rotatable bonds is 5. The third-order valence-electron chi connectivity index (χ3n) is 1.23. The SMILES string of the molecule is CCCCCOC(=O)OC(C)Cl. The Hall–Kier alpha value is -0.440. The smallest absolute Gasteiger partial charge is 0.434 e. The molecule has 3 nitrogen and oxygen atoms in total. The van der Waals surface area contributed by atoms with Crippen molar-refractivity contribution >= 4 is 17.8 Å². The van der Waals surface area contributed by atoms with E-state index in [1.165, 1.54) is 0 Å². The first-order chi connectivity index (χ1) is 5.66. The fraction of sp³-hybridized carbons (Fsp3) is 0.875. The average Bonchev–Trinajstić information content (AvgIpc) is 1.97. The zero-order valence-electron chi connectivity index (χ0n) is 7.51. The van der Waals surface area contributed by atoms with Gasteiger partial charge in [0.2, 0.25) is 0 Å². The van der Waals surface area contributed by atoms with Crippen LogP contribution >= 0.6 is 11.6 Å². The molecule has 0 aromatic heterocycles. The van der Waals surface area contributed by atoms with Gasteiger partial charge in [-0.05, 0) is 13.3 Å². The van der Waals surface area contributed by atoms with Crippen LogP contribution in [-0.2, 0) is 9.47 Å². The first kappa shape index (κ1) is 11.6. The molecule has 0 N–H and O–H groups in total. The van der Waals surface area contributed by atoms with E-state index in [1.54, 1.807) is 6.92 Å². The minimum absolute atomic E-state index is 0.413. The Morgan fingerprint density at radius 2 is 2.17 bits per heavy atom. The Balaban J connectivity index is 3.20. The highest BCUT2D eigenvalue weighted by Gasteiger charge is 2.06. The lowest BCUT2D eigenvalue weighted by Gasteiger charge is -2.06. The number of ether oxygens (including phenoxy) is 2. The highest BCUT2D eigenvalue weighted by Crippen LogP contribution is 2.00. The van der Waals surface area contributed by atoms with E-state index in [-0.39, 0.29) is 0 Å². The van der Waals surface area contributed by atoms with Crippen molar-refractivity contribution in [2.24, 2.45) is 0 Å². The summed E-state index contributed by atoms with van der Waals surface area (Å²) >= 11 is 5.39. The molecule has 0 aliphatic rings. The van der Waals surface area contributed by atoms with E-state index in [2.05, 4.69) is 11.7 Å². The van der Waals surface area contributed by atoms with Crippen LogP contribution in [0.25, 0.3) is 0 Å². The van der Waals surface area contributed by atoms with Gasteiger partial charge in [0.25, 0.3) is 0 Å². The van der Waals surface area contributed by atoms with Gasteiger partial charge in [-0.3, -0.25) is 0 Å². The minimum atomic E-state index is -0.686. The van der Waals surface area contributed by atoms with Gasteiger partial charge in [0.1, 0.15) is 0 Å². The molecule has 0 fully saturated rings. The van der Waals surface area contributed by atoms with Crippen molar-refractivity contribution in [3.05, 3.63) is 0 Å². The van der Waals surface area contributed by atoms with Crippen LogP contribution in [0.2, 0.25) is 0 Å². The predicted molar refractivity (Wildman–Crippen MR) is 47.3 cm³/mol. The van der Waals surface area contributed by atoms with Gasteiger partial charge in [-0.1, -0.05) is 31.4 Å².